The van der Waals surface area contributed by atoms with Gasteiger partial charge in [0.05, 0.1) is 11.7 Å². The number of hydrogen-bond acceptors (Lipinski definition) is 3. The van der Waals surface area contributed by atoms with Gasteiger partial charge in [-0.3, -0.25) is 5.41 Å². The van der Waals surface area contributed by atoms with Gasteiger partial charge >= 0.3 is 6.36 Å². The lowest BCUT2D eigenvalue weighted by Gasteiger charge is -2.39. The van der Waals surface area contributed by atoms with Crippen LogP contribution in [0.2, 0.25) is 0 Å². The molecule has 1 saturated heterocycles. The Labute approximate surface area is 139 Å². The van der Waals surface area contributed by atoms with Crippen LogP contribution in [0.5, 0.6) is 5.75 Å². The van der Waals surface area contributed by atoms with Gasteiger partial charge in [0.1, 0.15) is 11.6 Å². The topological polar surface area (TPSA) is 101 Å². The second-order valence-electron chi connectivity index (χ2n) is 5.48. The fourth-order valence-electron chi connectivity index (χ4n) is 2.43. The summed E-state index contributed by atoms with van der Waals surface area (Å²) in [6.45, 7) is -0.151. The van der Waals surface area contributed by atoms with E-state index in [-0.39, 0.29) is 18.1 Å². The average Bonchev–Trinajstić information content (AvgIpc) is 2.46. The number of nitrogens with one attached hydrogen (secondary N) is 1. The van der Waals surface area contributed by atoms with Crippen molar-refractivity contribution in [3.8, 4) is 5.75 Å². The maximum absolute atomic E-state index is 13.6. The van der Waals surface area contributed by atoms with Gasteiger partial charge in [0.2, 0.25) is 0 Å². The summed E-state index contributed by atoms with van der Waals surface area (Å²) in [7, 11) is 0. The van der Waals surface area contributed by atoms with Crippen LogP contribution in [0, 0.1) is 5.41 Å². The molecular weight excluding hydrogens is 349 g/mol. The molecule has 1 aromatic rings. The number of benzene rings is 1. The van der Waals surface area contributed by atoms with Crippen LogP contribution in [0.25, 0.3) is 0 Å². The van der Waals surface area contributed by atoms with Crippen molar-refractivity contribution in [3.63, 3.8) is 0 Å². The number of hydrogen-bond donors (Lipinski definition) is 3. The number of alkyl halides is 5. The molecule has 0 saturated carbocycles. The first-order chi connectivity index (χ1) is 11.5. The van der Waals surface area contributed by atoms with E-state index in [4.69, 9.17) is 16.9 Å². The van der Waals surface area contributed by atoms with E-state index in [9.17, 15) is 22.0 Å². The van der Waals surface area contributed by atoms with Crippen molar-refractivity contribution in [1.29, 1.82) is 5.41 Å². The molecule has 1 aliphatic rings. The summed E-state index contributed by atoms with van der Waals surface area (Å²) in [4.78, 5) is 5.15. The molecule has 1 fully saturated rings. The van der Waals surface area contributed by atoms with E-state index in [1.807, 2.05) is 0 Å². The van der Waals surface area contributed by atoms with Gasteiger partial charge in [0, 0.05) is 19.4 Å². The highest BCUT2D eigenvalue weighted by Crippen LogP contribution is 2.32. The van der Waals surface area contributed by atoms with E-state index < -0.39 is 42.9 Å². The Morgan fingerprint density at radius 2 is 1.84 bits per heavy atom. The Balaban J connectivity index is 2.19. The number of likely N-dealkylation sites (tertiary alicyclic amines) is 1. The number of ether oxygens (including phenoxy) is 1. The van der Waals surface area contributed by atoms with E-state index in [0.717, 1.165) is 12.1 Å². The van der Waals surface area contributed by atoms with Gasteiger partial charge in [-0.1, -0.05) is 0 Å². The molecule has 6 nitrogen and oxygen atoms in total. The van der Waals surface area contributed by atoms with Gasteiger partial charge in [-0.2, -0.15) is 0 Å². The first-order valence-corrected chi connectivity index (χ1v) is 7.15. The van der Waals surface area contributed by atoms with E-state index in [1.165, 1.54) is 17.0 Å². The zero-order valence-corrected chi connectivity index (χ0v) is 12.9. The second-order valence-corrected chi connectivity index (χ2v) is 5.48. The van der Waals surface area contributed by atoms with Crippen LogP contribution in [0.1, 0.15) is 12.8 Å². The Morgan fingerprint density at radius 1 is 1.24 bits per heavy atom. The quantitative estimate of drug-likeness (QED) is 0.435. The summed E-state index contributed by atoms with van der Waals surface area (Å²) in [6, 6.07) is 3.38. The lowest BCUT2D eigenvalue weighted by Crippen LogP contribution is -2.56. The molecule has 0 aliphatic carbocycles. The third kappa shape index (κ3) is 5.19. The Morgan fingerprint density at radius 3 is 2.36 bits per heavy atom. The van der Waals surface area contributed by atoms with E-state index in [1.54, 1.807) is 0 Å². The summed E-state index contributed by atoms with van der Waals surface area (Å²) in [5.41, 5.74) is 11.3. The third-order valence-electron chi connectivity index (χ3n) is 3.57. The van der Waals surface area contributed by atoms with Crippen LogP contribution in [0.3, 0.4) is 0 Å². The van der Waals surface area contributed by atoms with Crippen molar-refractivity contribution in [3.05, 3.63) is 24.3 Å². The molecule has 0 spiro atoms. The van der Waals surface area contributed by atoms with Crippen LogP contribution in [-0.4, -0.2) is 41.6 Å². The maximum atomic E-state index is 13.6. The molecular formula is C14H16F5N5O. The van der Waals surface area contributed by atoms with Gasteiger partial charge in [-0.15, -0.1) is 13.2 Å². The summed E-state index contributed by atoms with van der Waals surface area (Å²) in [5, 5.41) is 7.46. The highest BCUT2D eigenvalue weighted by atomic mass is 19.4. The minimum atomic E-state index is -4.82. The molecule has 0 radical (unpaired) electrons. The fraction of sp³-hybridized carbons (Fsp3) is 0.429. The highest BCUT2D eigenvalue weighted by molar-refractivity contribution is 5.92. The van der Waals surface area contributed by atoms with Crippen molar-refractivity contribution in [2.45, 2.75) is 31.2 Å². The van der Waals surface area contributed by atoms with Crippen LogP contribution >= 0.6 is 0 Å². The number of amidine groups is 1. The van der Waals surface area contributed by atoms with Gasteiger partial charge in [-0.25, -0.2) is 13.8 Å². The summed E-state index contributed by atoms with van der Waals surface area (Å²) in [6.07, 6.45) is -5.93. The lowest BCUT2D eigenvalue weighted by atomic mass is 9.98. The molecule has 1 unspecified atom stereocenters. The monoisotopic (exact) mass is 365 g/mol. The molecule has 2 rings (SSSR count). The van der Waals surface area contributed by atoms with Crippen molar-refractivity contribution in [1.82, 2.24) is 4.90 Å². The first-order valence-electron chi connectivity index (χ1n) is 7.15. The normalized spacial score (nSPS) is 21.1. The highest BCUT2D eigenvalue weighted by Gasteiger charge is 2.42. The number of rotatable bonds is 3. The zero-order valence-electron chi connectivity index (χ0n) is 12.9. The number of nitrogens with zero attached hydrogens (tertiary/aromatic N) is 2. The second kappa shape index (κ2) is 6.73. The predicted molar refractivity (Wildman–Crippen MR) is 81.0 cm³/mol. The Kier molecular flexibility index (Phi) is 5.04. The molecule has 1 heterocycles. The molecule has 11 heteroatoms. The lowest BCUT2D eigenvalue weighted by molar-refractivity contribution is -0.274. The Hall–Kier alpha value is -2.59. The van der Waals surface area contributed by atoms with E-state index in [2.05, 4.69) is 9.73 Å². The number of halogens is 5. The molecule has 25 heavy (non-hydrogen) atoms. The molecule has 1 aliphatic heterocycles. The number of guanidine groups is 1. The van der Waals surface area contributed by atoms with Crippen LogP contribution in [-0.2, 0) is 0 Å². The smallest absolute Gasteiger partial charge is 0.406 e. The summed E-state index contributed by atoms with van der Waals surface area (Å²) < 4.78 is 67.3. The van der Waals surface area contributed by atoms with Gasteiger partial charge in [0.25, 0.3) is 5.92 Å². The van der Waals surface area contributed by atoms with Crippen LogP contribution in [0.4, 0.5) is 27.6 Å². The molecule has 0 bridgehead atoms. The van der Waals surface area contributed by atoms with E-state index in [0.29, 0.717) is 0 Å². The van der Waals surface area contributed by atoms with Crippen molar-refractivity contribution in [2.24, 2.45) is 16.5 Å². The Bertz CT molecular complexity index is 659. The number of piperidine rings is 1. The maximum Gasteiger partial charge on any atom is 0.573 e. The van der Waals surface area contributed by atoms with Gasteiger partial charge in [0.15, 0.2) is 5.96 Å². The standard InChI is InChI=1S/C14H16F5N5O/c15-13(16)5-6-24(12(21)22)10(7-13)11(20)23-8-1-3-9(4-2-8)25-14(17,18)19/h1-4,10H,5-7H2,(H2,20,23)(H3,21,22). The molecule has 5 N–H and O–H groups in total. The average molecular weight is 365 g/mol. The first kappa shape index (κ1) is 18.7. The zero-order chi connectivity index (χ0) is 18.8. The minimum Gasteiger partial charge on any atom is -0.406 e. The molecule has 0 aromatic heterocycles. The number of nitrogens with two attached hydrogens (primary N) is 2. The predicted octanol–water partition coefficient (Wildman–Crippen LogP) is 2.57. The van der Waals surface area contributed by atoms with Crippen molar-refractivity contribution in [2.75, 3.05) is 6.54 Å². The van der Waals surface area contributed by atoms with Gasteiger partial charge in [-0.05, 0) is 24.3 Å². The third-order valence-corrected chi connectivity index (χ3v) is 3.57. The summed E-state index contributed by atoms with van der Waals surface area (Å²) in [5.74, 6) is -4.03. The molecule has 0 amide bonds. The molecule has 138 valence electrons. The minimum absolute atomic E-state index is 0.151. The van der Waals surface area contributed by atoms with Crippen molar-refractivity contribution >= 4 is 17.5 Å². The van der Waals surface area contributed by atoms with Gasteiger partial charge < -0.3 is 21.1 Å². The van der Waals surface area contributed by atoms with Crippen LogP contribution in [0.15, 0.2) is 29.3 Å². The fourth-order valence-corrected chi connectivity index (χ4v) is 2.43. The van der Waals surface area contributed by atoms with E-state index >= 15 is 0 Å². The number of aliphatic imine (C=N–C) groups is 1. The summed E-state index contributed by atoms with van der Waals surface area (Å²) >= 11 is 0. The molecule has 1 aromatic carbocycles. The van der Waals surface area contributed by atoms with Crippen molar-refractivity contribution < 1.29 is 26.7 Å². The molecule has 1 atom stereocenters. The largest absolute Gasteiger partial charge is 0.573 e. The van der Waals surface area contributed by atoms with Crippen LogP contribution < -0.4 is 16.2 Å². The SMILES string of the molecule is N=C(N)N1CCC(F)(F)CC1C(N)=Nc1ccc(OC(F)(F)F)cc1.